The van der Waals surface area contributed by atoms with Crippen molar-refractivity contribution in [1.82, 2.24) is 9.27 Å². The minimum atomic E-state index is -0.260. The molecule has 0 bridgehead atoms. The number of amides is 1. The minimum absolute atomic E-state index is 0.0649. The van der Waals surface area contributed by atoms with Crippen LogP contribution in [0.25, 0.3) is 0 Å². The number of aryl methyl sites for hydroxylation is 1. The maximum atomic E-state index is 12.6. The lowest BCUT2D eigenvalue weighted by molar-refractivity contribution is -0.0551. The molecule has 2 saturated heterocycles. The summed E-state index contributed by atoms with van der Waals surface area (Å²) in [6.45, 7) is 4.97. The van der Waals surface area contributed by atoms with Crippen LogP contribution >= 0.6 is 11.5 Å². The normalized spacial score (nSPS) is 27.9. The molecule has 3 heterocycles. The van der Waals surface area contributed by atoms with Crippen LogP contribution in [-0.4, -0.2) is 53.7 Å². The summed E-state index contributed by atoms with van der Waals surface area (Å²) in [5.41, 5.74) is 1.27. The zero-order valence-corrected chi connectivity index (χ0v) is 11.2. The Labute approximate surface area is 110 Å². The molecule has 1 spiro atoms. The first-order valence-corrected chi connectivity index (χ1v) is 6.95. The van der Waals surface area contributed by atoms with Crippen molar-refractivity contribution in [2.75, 3.05) is 33.0 Å². The summed E-state index contributed by atoms with van der Waals surface area (Å²) >= 11 is 1.33. The van der Waals surface area contributed by atoms with Crippen LogP contribution in [0.5, 0.6) is 0 Å². The van der Waals surface area contributed by atoms with Crippen molar-refractivity contribution in [1.29, 1.82) is 0 Å². The molecule has 0 N–H and O–H groups in total. The van der Waals surface area contributed by atoms with Crippen molar-refractivity contribution in [3.8, 4) is 0 Å². The van der Waals surface area contributed by atoms with E-state index in [2.05, 4.69) is 4.37 Å². The van der Waals surface area contributed by atoms with Crippen LogP contribution in [0, 0.1) is 6.92 Å². The van der Waals surface area contributed by atoms with Crippen LogP contribution in [0.1, 0.15) is 22.5 Å². The molecule has 98 valence electrons. The Kier molecular flexibility index (Phi) is 3.09. The zero-order chi connectivity index (χ0) is 12.6. The van der Waals surface area contributed by atoms with E-state index in [0.717, 1.165) is 12.1 Å². The van der Waals surface area contributed by atoms with E-state index in [-0.39, 0.29) is 11.4 Å². The first-order valence-electron chi connectivity index (χ1n) is 6.11. The van der Waals surface area contributed by atoms with Crippen LogP contribution < -0.4 is 0 Å². The van der Waals surface area contributed by atoms with Crippen LogP contribution in [0.15, 0.2) is 5.38 Å². The van der Waals surface area contributed by atoms with E-state index in [1.807, 2.05) is 17.2 Å². The van der Waals surface area contributed by atoms with Gasteiger partial charge < -0.3 is 14.4 Å². The van der Waals surface area contributed by atoms with E-state index in [1.54, 1.807) is 0 Å². The number of nitrogens with zero attached hydrogens (tertiary/aromatic N) is 2. The average molecular weight is 268 g/mol. The van der Waals surface area contributed by atoms with Crippen molar-refractivity contribution in [3.63, 3.8) is 0 Å². The third-order valence-electron chi connectivity index (χ3n) is 3.71. The Morgan fingerprint density at radius 1 is 1.44 bits per heavy atom. The SMILES string of the molecule is Cc1nscc1C(=O)N1CCOC[C@]12CCOC2. The predicted molar refractivity (Wildman–Crippen MR) is 66.9 cm³/mol. The monoisotopic (exact) mass is 268 g/mol. The van der Waals surface area contributed by atoms with E-state index in [4.69, 9.17) is 9.47 Å². The number of hydrogen-bond donors (Lipinski definition) is 0. The molecule has 2 fully saturated rings. The molecule has 0 saturated carbocycles. The quantitative estimate of drug-likeness (QED) is 0.765. The molecule has 0 radical (unpaired) electrons. The minimum Gasteiger partial charge on any atom is -0.379 e. The van der Waals surface area contributed by atoms with Gasteiger partial charge in [-0.15, -0.1) is 0 Å². The van der Waals surface area contributed by atoms with E-state index in [0.29, 0.717) is 38.5 Å². The maximum absolute atomic E-state index is 12.6. The molecule has 0 aromatic carbocycles. The number of carbonyl (C=O) groups is 1. The Balaban J connectivity index is 1.89. The van der Waals surface area contributed by atoms with E-state index < -0.39 is 0 Å². The molecule has 1 aromatic rings. The highest BCUT2D eigenvalue weighted by Crippen LogP contribution is 2.31. The molecule has 2 aliphatic rings. The van der Waals surface area contributed by atoms with Gasteiger partial charge in [-0.3, -0.25) is 4.79 Å². The molecule has 6 heteroatoms. The summed E-state index contributed by atoms with van der Waals surface area (Å²) in [7, 11) is 0. The Bertz CT molecular complexity index is 454. The van der Waals surface area contributed by atoms with E-state index in [9.17, 15) is 4.79 Å². The summed E-state index contributed by atoms with van der Waals surface area (Å²) < 4.78 is 15.2. The average Bonchev–Trinajstić information content (AvgIpc) is 2.99. The van der Waals surface area contributed by atoms with Gasteiger partial charge in [0.1, 0.15) is 0 Å². The topological polar surface area (TPSA) is 51.7 Å². The van der Waals surface area contributed by atoms with Crippen LogP contribution in [0.2, 0.25) is 0 Å². The second kappa shape index (κ2) is 4.60. The molecule has 2 aliphatic heterocycles. The largest absolute Gasteiger partial charge is 0.379 e. The summed E-state index contributed by atoms with van der Waals surface area (Å²) in [5, 5.41) is 1.83. The molecule has 18 heavy (non-hydrogen) atoms. The highest BCUT2D eigenvalue weighted by atomic mass is 32.1. The summed E-state index contributed by atoms with van der Waals surface area (Å²) in [6, 6.07) is 0. The van der Waals surface area contributed by atoms with Gasteiger partial charge >= 0.3 is 0 Å². The fourth-order valence-electron chi connectivity index (χ4n) is 2.62. The number of rotatable bonds is 1. The van der Waals surface area contributed by atoms with Gasteiger partial charge in [-0.25, -0.2) is 0 Å². The summed E-state index contributed by atoms with van der Waals surface area (Å²) in [5.74, 6) is 0.0649. The fraction of sp³-hybridized carbons (Fsp3) is 0.667. The molecule has 5 nitrogen and oxygen atoms in total. The van der Waals surface area contributed by atoms with Crippen molar-refractivity contribution in [2.45, 2.75) is 18.9 Å². The van der Waals surface area contributed by atoms with Gasteiger partial charge in [-0.05, 0) is 24.9 Å². The van der Waals surface area contributed by atoms with E-state index >= 15 is 0 Å². The van der Waals surface area contributed by atoms with Crippen molar-refractivity contribution in [3.05, 3.63) is 16.6 Å². The van der Waals surface area contributed by atoms with Gasteiger partial charge in [0.2, 0.25) is 0 Å². The first kappa shape index (κ1) is 12.1. The second-order valence-electron chi connectivity index (χ2n) is 4.85. The lowest BCUT2D eigenvalue weighted by atomic mass is 9.95. The highest BCUT2D eigenvalue weighted by Gasteiger charge is 2.46. The molecule has 1 aromatic heterocycles. The molecule has 3 rings (SSSR count). The Morgan fingerprint density at radius 3 is 2.89 bits per heavy atom. The Morgan fingerprint density at radius 2 is 2.22 bits per heavy atom. The van der Waals surface area contributed by atoms with Crippen LogP contribution in [0.3, 0.4) is 0 Å². The zero-order valence-electron chi connectivity index (χ0n) is 10.3. The second-order valence-corrected chi connectivity index (χ2v) is 5.48. The van der Waals surface area contributed by atoms with Gasteiger partial charge in [-0.1, -0.05) is 0 Å². The fourth-order valence-corrected chi connectivity index (χ4v) is 3.30. The van der Waals surface area contributed by atoms with Crippen molar-refractivity contribution < 1.29 is 14.3 Å². The van der Waals surface area contributed by atoms with Gasteiger partial charge in [-0.2, -0.15) is 4.37 Å². The van der Waals surface area contributed by atoms with Crippen molar-refractivity contribution >= 4 is 17.4 Å². The molecule has 0 aliphatic carbocycles. The number of aromatic nitrogens is 1. The summed E-state index contributed by atoms with van der Waals surface area (Å²) in [4.78, 5) is 14.6. The van der Waals surface area contributed by atoms with Gasteiger partial charge in [0.05, 0.1) is 36.6 Å². The smallest absolute Gasteiger partial charge is 0.257 e. The number of hydrogen-bond acceptors (Lipinski definition) is 5. The molecule has 0 unspecified atom stereocenters. The first-order chi connectivity index (χ1) is 8.73. The van der Waals surface area contributed by atoms with Crippen molar-refractivity contribution in [2.24, 2.45) is 0 Å². The third kappa shape index (κ3) is 1.84. The lowest BCUT2D eigenvalue weighted by Crippen LogP contribution is -2.59. The highest BCUT2D eigenvalue weighted by molar-refractivity contribution is 7.03. The van der Waals surface area contributed by atoms with Gasteiger partial charge in [0, 0.05) is 18.5 Å². The van der Waals surface area contributed by atoms with Gasteiger partial charge in [0.25, 0.3) is 5.91 Å². The molecule has 1 atom stereocenters. The number of morpholine rings is 1. The van der Waals surface area contributed by atoms with Crippen LogP contribution in [-0.2, 0) is 9.47 Å². The summed E-state index contributed by atoms with van der Waals surface area (Å²) in [6.07, 6.45) is 0.857. The Hall–Kier alpha value is -0.980. The van der Waals surface area contributed by atoms with Crippen LogP contribution in [0.4, 0.5) is 0 Å². The molecule has 1 amide bonds. The standard InChI is InChI=1S/C12H16N2O3S/c1-9-10(6-18-13-9)11(15)14-3-5-17-8-12(14)2-4-16-7-12/h6H,2-5,7-8H2,1H3/t12-/m1/s1. The molecular weight excluding hydrogens is 252 g/mol. The maximum Gasteiger partial charge on any atom is 0.257 e. The van der Waals surface area contributed by atoms with E-state index in [1.165, 1.54) is 11.5 Å². The number of carbonyl (C=O) groups excluding carboxylic acids is 1. The van der Waals surface area contributed by atoms with Gasteiger partial charge in [0.15, 0.2) is 0 Å². The lowest BCUT2D eigenvalue weighted by Gasteiger charge is -2.43. The number of ether oxygens (including phenoxy) is 2. The third-order valence-corrected chi connectivity index (χ3v) is 4.43. The predicted octanol–water partition coefficient (Wildman–Crippen LogP) is 1.08. The molecular formula is C12H16N2O3S.